The molecule has 1 aliphatic carbocycles. The van der Waals surface area contributed by atoms with Crippen LogP contribution < -0.4 is 11.1 Å². The molecule has 7 heteroatoms. The van der Waals surface area contributed by atoms with Gasteiger partial charge in [-0.25, -0.2) is 8.42 Å². The molecule has 3 aromatic rings. The fraction of sp³-hybridized carbons (Fsp3) is 0.0476. The van der Waals surface area contributed by atoms with Gasteiger partial charge in [-0.2, -0.15) is 0 Å². The molecule has 0 aromatic heterocycles. The van der Waals surface area contributed by atoms with Gasteiger partial charge >= 0.3 is 0 Å². The summed E-state index contributed by atoms with van der Waals surface area (Å²) in [6.07, 6.45) is 0. The third kappa shape index (κ3) is 2.76. The van der Waals surface area contributed by atoms with Crippen molar-refractivity contribution in [2.24, 2.45) is 0 Å². The number of rotatable bonds is 3. The Morgan fingerprint density at radius 2 is 1.43 bits per heavy atom. The SMILES string of the molecule is Cc1ccc(Nc2ccc(N)c3c2C(=O)c2ccccc2C3=O)c([SH](=O)=O)c1. The molecule has 4 rings (SSSR count). The lowest BCUT2D eigenvalue weighted by atomic mass is 9.82. The first-order valence-corrected chi connectivity index (χ1v) is 9.69. The van der Waals surface area contributed by atoms with Crippen LogP contribution >= 0.6 is 0 Å². The summed E-state index contributed by atoms with van der Waals surface area (Å²) in [4.78, 5) is 26.2. The highest BCUT2D eigenvalue weighted by molar-refractivity contribution is 7.72. The number of anilines is 3. The molecule has 3 aromatic carbocycles. The van der Waals surface area contributed by atoms with Crippen LogP contribution in [-0.2, 0) is 10.7 Å². The van der Waals surface area contributed by atoms with Crippen LogP contribution in [0.5, 0.6) is 0 Å². The van der Waals surface area contributed by atoms with Gasteiger partial charge in [0.15, 0.2) is 22.3 Å². The maximum absolute atomic E-state index is 13.1. The summed E-state index contributed by atoms with van der Waals surface area (Å²) in [7, 11) is -2.85. The van der Waals surface area contributed by atoms with Crippen molar-refractivity contribution >= 4 is 39.3 Å². The van der Waals surface area contributed by atoms with E-state index < -0.39 is 10.7 Å². The molecule has 0 fully saturated rings. The first-order chi connectivity index (χ1) is 13.4. The van der Waals surface area contributed by atoms with Crippen molar-refractivity contribution in [2.75, 3.05) is 11.1 Å². The Morgan fingerprint density at radius 1 is 0.821 bits per heavy atom. The normalized spacial score (nSPS) is 12.6. The third-order valence-electron chi connectivity index (χ3n) is 4.73. The molecule has 0 spiro atoms. The van der Waals surface area contributed by atoms with Crippen LogP contribution in [0, 0.1) is 6.92 Å². The highest BCUT2D eigenvalue weighted by Gasteiger charge is 2.33. The summed E-state index contributed by atoms with van der Waals surface area (Å²) < 4.78 is 23.3. The monoisotopic (exact) mass is 392 g/mol. The molecule has 0 saturated carbocycles. The number of nitrogens with one attached hydrogen (secondary N) is 1. The fourth-order valence-electron chi connectivity index (χ4n) is 3.40. The molecule has 0 amide bonds. The van der Waals surface area contributed by atoms with E-state index in [1.54, 1.807) is 55.5 Å². The first-order valence-electron chi connectivity index (χ1n) is 8.51. The predicted molar refractivity (Wildman–Crippen MR) is 107 cm³/mol. The summed E-state index contributed by atoms with van der Waals surface area (Å²) in [5, 5.41) is 3.01. The van der Waals surface area contributed by atoms with Crippen molar-refractivity contribution in [1.29, 1.82) is 0 Å². The van der Waals surface area contributed by atoms with Gasteiger partial charge in [0.1, 0.15) is 0 Å². The molecule has 0 bridgehead atoms. The van der Waals surface area contributed by atoms with Crippen molar-refractivity contribution in [3.05, 3.63) is 82.4 Å². The summed E-state index contributed by atoms with van der Waals surface area (Å²) in [5.74, 6) is -0.662. The molecule has 0 atom stereocenters. The van der Waals surface area contributed by atoms with Crippen molar-refractivity contribution in [2.45, 2.75) is 11.8 Å². The number of nitrogen functional groups attached to an aromatic ring is 1. The highest BCUT2D eigenvalue weighted by atomic mass is 32.2. The Morgan fingerprint density at radius 3 is 2.07 bits per heavy atom. The molecule has 3 N–H and O–H groups in total. The van der Waals surface area contributed by atoms with Gasteiger partial charge < -0.3 is 11.1 Å². The van der Waals surface area contributed by atoms with Gasteiger partial charge in [0.05, 0.1) is 27.4 Å². The van der Waals surface area contributed by atoms with E-state index in [0.717, 1.165) is 5.56 Å². The topological polar surface area (TPSA) is 106 Å². The van der Waals surface area contributed by atoms with Gasteiger partial charge in [0.2, 0.25) is 0 Å². The van der Waals surface area contributed by atoms with Crippen LogP contribution in [0.1, 0.15) is 37.4 Å². The maximum Gasteiger partial charge on any atom is 0.196 e. The maximum atomic E-state index is 13.1. The number of nitrogens with two attached hydrogens (primary N) is 1. The van der Waals surface area contributed by atoms with E-state index in [9.17, 15) is 18.0 Å². The molecule has 0 heterocycles. The molecule has 1 aliphatic rings. The second-order valence-corrected chi connectivity index (χ2v) is 7.55. The van der Waals surface area contributed by atoms with Gasteiger partial charge in [-0.15, -0.1) is 0 Å². The quantitative estimate of drug-likeness (QED) is 0.365. The zero-order chi connectivity index (χ0) is 20.0. The number of hydrogen-bond acceptors (Lipinski definition) is 6. The number of carbonyl (C=O) groups is 2. The van der Waals surface area contributed by atoms with E-state index in [1.807, 2.05) is 0 Å². The Bertz CT molecular complexity index is 1240. The number of carbonyl (C=O) groups excluding carboxylic acids is 2. The van der Waals surface area contributed by atoms with E-state index in [-0.39, 0.29) is 33.3 Å². The number of fused-ring (bicyclic) bond motifs is 2. The summed E-state index contributed by atoms with van der Waals surface area (Å²) in [6.45, 7) is 1.79. The summed E-state index contributed by atoms with van der Waals surface area (Å²) in [6, 6.07) is 14.6. The molecule has 0 radical (unpaired) electrons. The van der Waals surface area contributed by atoms with Gasteiger partial charge in [-0.05, 0) is 36.8 Å². The largest absolute Gasteiger partial charge is 0.398 e. The minimum absolute atomic E-state index is 0.107. The van der Waals surface area contributed by atoms with Crippen LogP contribution in [-0.4, -0.2) is 20.0 Å². The minimum Gasteiger partial charge on any atom is -0.398 e. The number of aryl methyl sites for hydroxylation is 1. The van der Waals surface area contributed by atoms with Crippen LogP contribution in [0.3, 0.4) is 0 Å². The van der Waals surface area contributed by atoms with Crippen LogP contribution in [0.2, 0.25) is 0 Å². The summed E-state index contributed by atoms with van der Waals surface area (Å²) in [5.41, 5.74) is 8.55. The van der Waals surface area contributed by atoms with E-state index >= 15 is 0 Å². The van der Waals surface area contributed by atoms with E-state index in [1.165, 1.54) is 6.07 Å². The van der Waals surface area contributed by atoms with Crippen LogP contribution in [0.25, 0.3) is 0 Å². The number of benzene rings is 3. The smallest absolute Gasteiger partial charge is 0.196 e. The Kier molecular flexibility index (Phi) is 4.24. The molecule has 140 valence electrons. The van der Waals surface area contributed by atoms with Crippen molar-refractivity contribution in [1.82, 2.24) is 0 Å². The zero-order valence-corrected chi connectivity index (χ0v) is 15.7. The van der Waals surface area contributed by atoms with Gasteiger partial charge in [0, 0.05) is 16.8 Å². The summed E-state index contributed by atoms with van der Waals surface area (Å²) >= 11 is 0. The average molecular weight is 392 g/mol. The lowest BCUT2D eigenvalue weighted by molar-refractivity contribution is 0.0980. The Hall–Kier alpha value is -3.45. The molecule has 0 unspecified atom stereocenters. The van der Waals surface area contributed by atoms with Crippen LogP contribution in [0.4, 0.5) is 17.1 Å². The van der Waals surface area contributed by atoms with Gasteiger partial charge in [-0.3, -0.25) is 9.59 Å². The molecule has 28 heavy (non-hydrogen) atoms. The van der Waals surface area contributed by atoms with Crippen molar-refractivity contribution in [3.63, 3.8) is 0 Å². The Labute approximate surface area is 163 Å². The van der Waals surface area contributed by atoms with E-state index in [2.05, 4.69) is 5.32 Å². The minimum atomic E-state index is -2.85. The van der Waals surface area contributed by atoms with Gasteiger partial charge in [-0.1, -0.05) is 30.3 Å². The Balaban J connectivity index is 1.91. The lowest BCUT2D eigenvalue weighted by Crippen LogP contribution is -2.23. The molecule has 6 nitrogen and oxygen atoms in total. The lowest BCUT2D eigenvalue weighted by Gasteiger charge is -2.22. The van der Waals surface area contributed by atoms with Crippen molar-refractivity contribution in [3.8, 4) is 0 Å². The second-order valence-electron chi connectivity index (χ2n) is 6.56. The molecule has 0 aliphatic heterocycles. The van der Waals surface area contributed by atoms with E-state index in [0.29, 0.717) is 22.5 Å². The fourth-order valence-corrected chi connectivity index (χ4v) is 4.03. The van der Waals surface area contributed by atoms with Gasteiger partial charge in [0.25, 0.3) is 0 Å². The zero-order valence-electron chi connectivity index (χ0n) is 14.9. The predicted octanol–water partition coefficient (Wildman–Crippen LogP) is 3.07. The van der Waals surface area contributed by atoms with Crippen LogP contribution in [0.15, 0.2) is 59.5 Å². The number of ketones is 2. The molecule has 0 saturated heterocycles. The van der Waals surface area contributed by atoms with E-state index in [4.69, 9.17) is 5.73 Å². The first kappa shape index (κ1) is 17.9. The third-order valence-corrected chi connectivity index (χ3v) is 5.49. The number of hydrogen-bond donors (Lipinski definition) is 3. The standard InChI is InChI=1S/C21H16N2O4S/c1-11-6-8-15(17(10-11)28(26)27)23-16-9-7-14(22)18-19(16)21(25)13-5-3-2-4-12(13)20(18)24/h2-10,23,28H,22H2,1H3. The average Bonchev–Trinajstić information content (AvgIpc) is 2.68. The molecular weight excluding hydrogens is 376 g/mol. The van der Waals surface area contributed by atoms with Crippen molar-refractivity contribution < 1.29 is 18.0 Å². The number of thiol groups is 1. The second kappa shape index (κ2) is 6.61. The molecular formula is C21H16N2O4S. The highest BCUT2D eigenvalue weighted by Crippen LogP contribution is 2.37.